The Bertz CT molecular complexity index is 464. The normalized spacial score (nSPS) is 10.2. The first-order valence-electron chi connectivity index (χ1n) is 4.59. The number of nitriles is 1. The zero-order valence-electron chi connectivity index (χ0n) is 8.50. The van der Waals surface area contributed by atoms with Crippen molar-refractivity contribution in [1.82, 2.24) is 0 Å². The highest BCUT2D eigenvalue weighted by Crippen LogP contribution is 2.26. The van der Waals surface area contributed by atoms with Crippen LogP contribution in [-0.4, -0.2) is 11.1 Å². The van der Waals surface area contributed by atoms with Gasteiger partial charge in [-0.25, -0.2) is 13.6 Å². The first kappa shape index (κ1) is 12.1. The van der Waals surface area contributed by atoms with E-state index in [9.17, 15) is 13.6 Å². The van der Waals surface area contributed by atoms with Crippen molar-refractivity contribution >= 4 is 5.97 Å². The molecule has 0 bridgehead atoms. The largest absolute Gasteiger partial charge is 0.478 e. The van der Waals surface area contributed by atoms with Crippen LogP contribution in [0, 0.1) is 11.3 Å². The lowest BCUT2D eigenvalue weighted by Gasteiger charge is -2.09. The van der Waals surface area contributed by atoms with Crippen molar-refractivity contribution in [2.24, 2.45) is 0 Å². The molecule has 84 valence electrons. The maximum Gasteiger partial charge on any atom is 0.337 e. The van der Waals surface area contributed by atoms with Gasteiger partial charge in [0.1, 0.15) is 6.07 Å². The lowest BCUT2D eigenvalue weighted by Crippen LogP contribution is -2.05. The number of alkyl halides is 2. The van der Waals surface area contributed by atoms with Gasteiger partial charge in [-0.05, 0) is 24.1 Å². The molecule has 0 unspecified atom stereocenters. The lowest BCUT2D eigenvalue weighted by molar-refractivity contribution is 0.0696. The van der Waals surface area contributed by atoms with Gasteiger partial charge in [0, 0.05) is 5.56 Å². The van der Waals surface area contributed by atoms with E-state index in [4.69, 9.17) is 10.4 Å². The van der Waals surface area contributed by atoms with E-state index in [2.05, 4.69) is 0 Å². The van der Waals surface area contributed by atoms with Gasteiger partial charge in [-0.1, -0.05) is 6.92 Å². The molecule has 5 heteroatoms. The minimum atomic E-state index is -2.74. The van der Waals surface area contributed by atoms with E-state index >= 15 is 0 Å². The number of aryl methyl sites for hydroxylation is 1. The summed E-state index contributed by atoms with van der Waals surface area (Å²) in [7, 11) is 0. The number of carboxylic acid groups (broad SMARTS) is 1. The van der Waals surface area contributed by atoms with E-state index in [1.165, 1.54) is 6.07 Å². The van der Waals surface area contributed by atoms with Crippen LogP contribution in [0.5, 0.6) is 0 Å². The van der Waals surface area contributed by atoms with Crippen LogP contribution in [0.4, 0.5) is 8.78 Å². The Hall–Kier alpha value is -1.96. The number of nitrogens with zero attached hydrogens (tertiary/aromatic N) is 1. The monoisotopic (exact) mass is 225 g/mol. The molecule has 3 nitrogen and oxygen atoms in total. The highest BCUT2D eigenvalue weighted by atomic mass is 19.3. The number of hydrogen-bond donors (Lipinski definition) is 1. The van der Waals surface area contributed by atoms with Gasteiger partial charge in [-0.3, -0.25) is 0 Å². The fraction of sp³-hybridized carbons (Fsp3) is 0.273. The smallest absolute Gasteiger partial charge is 0.337 e. The second-order valence-electron chi connectivity index (χ2n) is 3.17. The van der Waals surface area contributed by atoms with Crippen LogP contribution >= 0.6 is 0 Å². The highest BCUT2D eigenvalue weighted by molar-refractivity contribution is 5.91. The number of benzene rings is 1. The van der Waals surface area contributed by atoms with Crippen LogP contribution in [0.3, 0.4) is 0 Å². The number of rotatable bonds is 3. The van der Waals surface area contributed by atoms with Crippen LogP contribution in [0.2, 0.25) is 0 Å². The Morgan fingerprint density at radius 1 is 1.56 bits per heavy atom. The summed E-state index contributed by atoms with van der Waals surface area (Å²) < 4.78 is 25.2. The van der Waals surface area contributed by atoms with E-state index < -0.39 is 12.4 Å². The average molecular weight is 225 g/mol. The summed E-state index contributed by atoms with van der Waals surface area (Å²) in [4.78, 5) is 10.8. The molecule has 16 heavy (non-hydrogen) atoms. The van der Waals surface area contributed by atoms with Gasteiger partial charge in [0.2, 0.25) is 0 Å². The second-order valence-corrected chi connectivity index (χ2v) is 3.17. The summed E-state index contributed by atoms with van der Waals surface area (Å²) in [6.07, 6.45) is -2.41. The summed E-state index contributed by atoms with van der Waals surface area (Å²) in [6, 6.07) is 3.78. The maximum atomic E-state index is 12.6. The molecule has 0 saturated heterocycles. The summed E-state index contributed by atoms with van der Waals surface area (Å²) >= 11 is 0. The molecular weight excluding hydrogens is 216 g/mol. The number of carbonyl (C=O) groups is 1. The van der Waals surface area contributed by atoms with Gasteiger partial charge in [0.05, 0.1) is 11.1 Å². The third kappa shape index (κ3) is 2.16. The average Bonchev–Trinajstić information content (AvgIpc) is 2.26. The molecular formula is C11H9F2NO2. The molecule has 0 amide bonds. The summed E-state index contributed by atoms with van der Waals surface area (Å²) in [5.74, 6) is -1.37. The molecule has 1 N–H and O–H groups in total. The third-order valence-corrected chi connectivity index (χ3v) is 2.25. The standard InChI is InChI=1S/C11H9F2NO2/c1-2-6-3-7(5-14)9(11(15)16)4-8(6)10(12)13/h3-4,10H,2H2,1H3,(H,15,16). The van der Waals surface area contributed by atoms with Gasteiger partial charge in [-0.2, -0.15) is 5.26 Å². The fourth-order valence-corrected chi connectivity index (χ4v) is 1.44. The van der Waals surface area contributed by atoms with E-state index in [-0.39, 0.29) is 16.7 Å². The van der Waals surface area contributed by atoms with Gasteiger partial charge in [0.15, 0.2) is 0 Å². The van der Waals surface area contributed by atoms with E-state index in [0.717, 1.165) is 6.07 Å². The topological polar surface area (TPSA) is 61.1 Å². The molecule has 0 aliphatic carbocycles. The van der Waals surface area contributed by atoms with Crippen molar-refractivity contribution < 1.29 is 18.7 Å². The molecule has 0 atom stereocenters. The fourth-order valence-electron chi connectivity index (χ4n) is 1.44. The molecule has 0 aliphatic heterocycles. The SMILES string of the molecule is CCc1cc(C#N)c(C(=O)O)cc1C(F)F. The molecule has 1 aromatic carbocycles. The van der Waals surface area contributed by atoms with Gasteiger partial charge >= 0.3 is 5.97 Å². The van der Waals surface area contributed by atoms with Gasteiger partial charge in [-0.15, -0.1) is 0 Å². The van der Waals surface area contributed by atoms with Crippen LogP contribution in [0.1, 0.15) is 40.4 Å². The van der Waals surface area contributed by atoms with E-state index in [1.54, 1.807) is 13.0 Å². The molecule has 0 aromatic heterocycles. The predicted octanol–water partition coefficient (Wildman–Crippen LogP) is 2.76. The van der Waals surface area contributed by atoms with Crippen LogP contribution in [0.25, 0.3) is 0 Å². The lowest BCUT2D eigenvalue weighted by atomic mass is 9.97. The first-order chi connectivity index (χ1) is 7.51. The summed E-state index contributed by atoms with van der Waals surface area (Å²) in [5.41, 5.74) is -0.487. The quantitative estimate of drug-likeness (QED) is 0.860. The molecule has 0 heterocycles. The first-order valence-corrected chi connectivity index (χ1v) is 4.59. The number of halogens is 2. The maximum absolute atomic E-state index is 12.6. The van der Waals surface area contributed by atoms with Crippen molar-refractivity contribution in [2.75, 3.05) is 0 Å². The Kier molecular flexibility index (Phi) is 3.56. The predicted molar refractivity (Wildman–Crippen MR) is 52.5 cm³/mol. The molecule has 0 radical (unpaired) electrons. The van der Waals surface area contributed by atoms with Gasteiger partial charge in [0.25, 0.3) is 6.43 Å². The minimum Gasteiger partial charge on any atom is -0.478 e. The number of hydrogen-bond acceptors (Lipinski definition) is 2. The van der Waals surface area contributed by atoms with Crippen LogP contribution in [0.15, 0.2) is 12.1 Å². The Morgan fingerprint density at radius 2 is 2.19 bits per heavy atom. The number of aromatic carboxylic acids is 1. The Labute approximate surface area is 90.9 Å². The molecule has 0 saturated carbocycles. The zero-order valence-corrected chi connectivity index (χ0v) is 8.50. The summed E-state index contributed by atoms with van der Waals surface area (Å²) in [6.45, 7) is 1.67. The zero-order chi connectivity index (χ0) is 12.3. The van der Waals surface area contributed by atoms with Crippen molar-refractivity contribution in [3.63, 3.8) is 0 Å². The second kappa shape index (κ2) is 4.71. The molecule has 1 aromatic rings. The Morgan fingerprint density at radius 3 is 2.56 bits per heavy atom. The third-order valence-electron chi connectivity index (χ3n) is 2.25. The van der Waals surface area contributed by atoms with E-state index in [0.29, 0.717) is 12.0 Å². The van der Waals surface area contributed by atoms with Gasteiger partial charge < -0.3 is 5.11 Å². The van der Waals surface area contributed by atoms with Crippen molar-refractivity contribution in [1.29, 1.82) is 5.26 Å². The van der Waals surface area contributed by atoms with Crippen LogP contribution < -0.4 is 0 Å². The number of carboxylic acids is 1. The van der Waals surface area contributed by atoms with E-state index in [1.807, 2.05) is 0 Å². The molecule has 0 fully saturated rings. The summed E-state index contributed by atoms with van der Waals surface area (Å²) in [5, 5.41) is 17.5. The van der Waals surface area contributed by atoms with Crippen molar-refractivity contribution in [3.8, 4) is 6.07 Å². The minimum absolute atomic E-state index is 0.0891. The molecule has 0 aliphatic rings. The Balaban J connectivity index is 3.48. The van der Waals surface area contributed by atoms with Crippen molar-refractivity contribution in [3.05, 3.63) is 34.4 Å². The highest BCUT2D eigenvalue weighted by Gasteiger charge is 2.18. The van der Waals surface area contributed by atoms with Crippen molar-refractivity contribution in [2.45, 2.75) is 19.8 Å². The molecule has 1 rings (SSSR count). The van der Waals surface area contributed by atoms with Crippen LogP contribution in [-0.2, 0) is 6.42 Å². The molecule has 0 spiro atoms.